The van der Waals surface area contributed by atoms with E-state index in [0.29, 0.717) is 11.8 Å². The van der Waals surface area contributed by atoms with Crippen LogP contribution in [0.15, 0.2) is 72.8 Å². The monoisotopic (exact) mass is 367 g/mol. The average molecular weight is 367 g/mol. The van der Waals surface area contributed by atoms with E-state index in [2.05, 4.69) is 55.5 Å². The number of nitro groups is 1. The van der Waals surface area contributed by atoms with Crippen LogP contribution in [0.1, 0.15) is 36.0 Å². The highest BCUT2D eigenvalue weighted by Crippen LogP contribution is 2.44. The van der Waals surface area contributed by atoms with Crippen LogP contribution in [0, 0.1) is 16.0 Å². The summed E-state index contributed by atoms with van der Waals surface area (Å²) < 4.78 is 0. The summed E-state index contributed by atoms with van der Waals surface area (Å²) in [5.41, 5.74) is 4.37. The highest BCUT2D eigenvalue weighted by molar-refractivity contribution is 6.09. The smallest absolute Gasteiger partial charge is 0.258 e. The topological polar surface area (TPSA) is 43.1 Å². The first-order valence-electron chi connectivity index (χ1n) is 9.79. The van der Waals surface area contributed by atoms with Gasteiger partial charge in [-0.3, -0.25) is 10.1 Å². The lowest BCUT2D eigenvalue weighted by molar-refractivity contribution is -0.384. The molecule has 0 aromatic heterocycles. The van der Waals surface area contributed by atoms with E-state index in [4.69, 9.17) is 0 Å². The first-order valence-corrected chi connectivity index (χ1v) is 9.79. The van der Waals surface area contributed by atoms with Crippen molar-refractivity contribution in [3.8, 4) is 0 Å². The van der Waals surface area contributed by atoms with Crippen LogP contribution in [0.5, 0.6) is 0 Å². The molecule has 2 atom stereocenters. The Bertz CT molecular complexity index is 1210. The van der Waals surface area contributed by atoms with Crippen molar-refractivity contribution in [3.05, 3.63) is 99.6 Å². The van der Waals surface area contributed by atoms with E-state index in [1.165, 1.54) is 27.5 Å². The maximum absolute atomic E-state index is 11.1. The number of fused-ring (bicyclic) bond motifs is 5. The fourth-order valence-electron chi connectivity index (χ4n) is 4.87. The highest BCUT2D eigenvalue weighted by Gasteiger charge is 2.28. The predicted octanol–water partition coefficient (Wildman–Crippen LogP) is 6.62. The number of hydrogen-bond acceptors (Lipinski definition) is 2. The van der Waals surface area contributed by atoms with Crippen molar-refractivity contribution < 1.29 is 4.92 Å². The second-order valence-corrected chi connectivity index (χ2v) is 7.97. The van der Waals surface area contributed by atoms with Gasteiger partial charge in [-0.2, -0.15) is 0 Å². The minimum atomic E-state index is -0.330. The fraction of sp³-hybridized carbons (Fsp3) is 0.200. The zero-order valence-corrected chi connectivity index (χ0v) is 15.8. The fourth-order valence-corrected chi connectivity index (χ4v) is 4.87. The van der Waals surface area contributed by atoms with Gasteiger partial charge in [0, 0.05) is 18.1 Å². The van der Waals surface area contributed by atoms with Crippen LogP contribution in [0.25, 0.3) is 21.5 Å². The molecule has 28 heavy (non-hydrogen) atoms. The van der Waals surface area contributed by atoms with Crippen molar-refractivity contribution in [3.63, 3.8) is 0 Å². The summed E-state index contributed by atoms with van der Waals surface area (Å²) in [6.45, 7) is 2.34. The van der Waals surface area contributed by atoms with Crippen LogP contribution in [0.2, 0.25) is 0 Å². The van der Waals surface area contributed by atoms with Gasteiger partial charge in [0.15, 0.2) is 0 Å². The SMILES string of the molecule is CC1Cc2ccc3c(ccc4cc([N+](=O)[O-])ccc43)c2C(c2ccccc2)C1. The van der Waals surface area contributed by atoms with Crippen LogP contribution in [-0.4, -0.2) is 4.92 Å². The van der Waals surface area contributed by atoms with Crippen molar-refractivity contribution in [2.75, 3.05) is 0 Å². The predicted molar refractivity (Wildman–Crippen MR) is 114 cm³/mol. The molecule has 3 nitrogen and oxygen atoms in total. The van der Waals surface area contributed by atoms with Crippen LogP contribution < -0.4 is 0 Å². The van der Waals surface area contributed by atoms with Crippen molar-refractivity contribution in [1.82, 2.24) is 0 Å². The summed E-state index contributed by atoms with van der Waals surface area (Å²) in [7, 11) is 0. The van der Waals surface area contributed by atoms with E-state index in [9.17, 15) is 10.1 Å². The van der Waals surface area contributed by atoms with E-state index in [-0.39, 0.29) is 10.6 Å². The Kier molecular flexibility index (Phi) is 3.90. The first kappa shape index (κ1) is 16.9. The van der Waals surface area contributed by atoms with Crippen LogP contribution in [-0.2, 0) is 6.42 Å². The summed E-state index contributed by atoms with van der Waals surface area (Å²) in [5.74, 6) is 1.04. The molecule has 1 aliphatic carbocycles. The first-order chi connectivity index (χ1) is 13.6. The molecule has 3 heteroatoms. The van der Waals surface area contributed by atoms with Gasteiger partial charge in [0.05, 0.1) is 4.92 Å². The molecule has 0 spiro atoms. The van der Waals surface area contributed by atoms with E-state index in [1.54, 1.807) is 12.1 Å². The molecule has 0 bridgehead atoms. The van der Waals surface area contributed by atoms with Crippen molar-refractivity contribution >= 4 is 27.2 Å². The highest BCUT2D eigenvalue weighted by atomic mass is 16.6. The number of nitrogens with zero attached hydrogens (tertiary/aromatic N) is 1. The standard InChI is InChI=1S/C25H21NO2/c1-16-13-19-8-10-22-21-12-9-20(26(27)28)15-18(21)7-11-23(22)25(19)24(14-16)17-5-3-2-4-6-17/h2-12,15-16,24H,13-14H2,1H3. The zero-order chi connectivity index (χ0) is 19.3. The summed E-state index contributed by atoms with van der Waals surface area (Å²) >= 11 is 0. The molecule has 1 aliphatic rings. The molecule has 0 amide bonds. The number of benzene rings is 4. The van der Waals surface area contributed by atoms with Crippen LogP contribution in [0.3, 0.4) is 0 Å². The molecule has 0 saturated carbocycles. The Hall–Kier alpha value is -3.20. The molecule has 138 valence electrons. The maximum Gasteiger partial charge on any atom is 0.270 e. The quantitative estimate of drug-likeness (QED) is 0.227. The summed E-state index contributed by atoms with van der Waals surface area (Å²) in [6, 6.07) is 24.6. The number of rotatable bonds is 2. The van der Waals surface area contributed by atoms with Gasteiger partial charge in [0.2, 0.25) is 0 Å². The van der Waals surface area contributed by atoms with E-state index in [1.807, 2.05) is 12.1 Å². The van der Waals surface area contributed by atoms with Gasteiger partial charge >= 0.3 is 0 Å². The van der Waals surface area contributed by atoms with E-state index >= 15 is 0 Å². The second-order valence-electron chi connectivity index (χ2n) is 7.97. The van der Waals surface area contributed by atoms with Gasteiger partial charge in [-0.25, -0.2) is 0 Å². The van der Waals surface area contributed by atoms with Crippen molar-refractivity contribution in [2.24, 2.45) is 5.92 Å². The van der Waals surface area contributed by atoms with Gasteiger partial charge in [-0.05, 0) is 63.1 Å². The third-order valence-electron chi connectivity index (χ3n) is 6.10. The lowest BCUT2D eigenvalue weighted by Crippen LogP contribution is -2.18. The van der Waals surface area contributed by atoms with E-state index < -0.39 is 0 Å². The molecule has 0 radical (unpaired) electrons. The normalized spacial score (nSPS) is 18.9. The van der Waals surface area contributed by atoms with Crippen molar-refractivity contribution in [1.29, 1.82) is 0 Å². The molecular weight excluding hydrogens is 346 g/mol. The molecule has 4 aromatic rings. The Morgan fingerprint density at radius 1 is 0.893 bits per heavy atom. The Labute approximate surface area is 163 Å². The number of hydrogen-bond donors (Lipinski definition) is 0. The van der Waals surface area contributed by atoms with Gasteiger partial charge in [0.25, 0.3) is 5.69 Å². The Balaban J connectivity index is 1.78. The molecule has 0 aliphatic heterocycles. The summed E-state index contributed by atoms with van der Waals surface area (Å²) in [6.07, 6.45) is 2.25. The molecular formula is C25H21NO2. The number of nitro benzene ring substituents is 1. The van der Waals surface area contributed by atoms with Gasteiger partial charge in [-0.15, -0.1) is 0 Å². The molecule has 2 unspecified atom stereocenters. The second kappa shape index (κ2) is 6.45. The number of non-ortho nitro benzene ring substituents is 1. The third-order valence-corrected chi connectivity index (χ3v) is 6.10. The third kappa shape index (κ3) is 2.66. The zero-order valence-electron chi connectivity index (χ0n) is 15.8. The Morgan fingerprint density at radius 3 is 2.43 bits per heavy atom. The van der Waals surface area contributed by atoms with Crippen molar-refractivity contribution in [2.45, 2.75) is 25.7 Å². The maximum atomic E-state index is 11.1. The Morgan fingerprint density at radius 2 is 1.64 bits per heavy atom. The lowest BCUT2D eigenvalue weighted by atomic mass is 9.72. The summed E-state index contributed by atoms with van der Waals surface area (Å²) in [5, 5.41) is 15.6. The minimum Gasteiger partial charge on any atom is -0.258 e. The van der Waals surface area contributed by atoms with E-state index in [0.717, 1.165) is 23.6 Å². The molecule has 0 N–H and O–H groups in total. The molecule has 5 rings (SSSR count). The van der Waals surface area contributed by atoms with Crippen LogP contribution in [0.4, 0.5) is 5.69 Å². The van der Waals surface area contributed by atoms with Gasteiger partial charge in [0.1, 0.15) is 0 Å². The molecule has 0 saturated heterocycles. The summed E-state index contributed by atoms with van der Waals surface area (Å²) in [4.78, 5) is 10.8. The molecule has 0 fully saturated rings. The van der Waals surface area contributed by atoms with Gasteiger partial charge < -0.3 is 0 Å². The minimum absolute atomic E-state index is 0.140. The van der Waals surface area contributed by atoms with Gasteiger partial charge in [-0.1, -0.05) is 61.5 Å². The molecule has 0 heterocycles. The lowest BCUT2D eigenvalue weighted by Gasteiger charge is -2.31. The average Bonchev–Trinajstić information content (AvgIpc) is 2.72. The largest absolute Gasteiger partial charge is 0.270 e. The molecule has 4 aromatic carbocycles. The van der Waals surface area contributed by atoms with Crippen LogP contribution >= 0.6 is 0 Å².